The first-order chi connectivity index (χ1) is 14.6. The third-order valence-electron chi connectivity index (χ3n) is 5.38. The Labute approximate surface area is 193 Å². The van der Waals surface area contributed by atoms with E-state index in [1.807, 2.05) is 18.2 Å². The summed E-state index contributed by atoms with van der Waals surface area (Å²) in [6.07, 6.45) is 6.73. The molecule has 0 aliphatic carbocycles. The molecule has 0 bridgehead atoms. The van der Waals surface area contributed by atoms with E-state index in [1.165, 1.54) is 5.56 Å². The second-order valence-corrected chi connectivity index (χ2v) is 8.26. The van der Waals surface area contributed by atoms with Crippen molar-refractivity contribution in [2.45, 2.75) is 44.2 Å². The Morgan fingerprint density at radius 1 is 0.806 bits per heavy atom. The summed E-state index contributed by atoms with van der Waals surface area (Å²) < 4.78 is 6.65. The Kier molecular flexibility index (Phi) is 9.51. The molecule has 0 spiro atoms. The van der Waals surface area contributed by atoms with E-state index in [1.54, 1.807) is 0 Å². The summed E-state index contributed by atoms with van der Waals surface area (Å²) in [6, 6.07) is 31.3. The van der Waals surface area contributed by atoms with Crippen molar-refractivity contribution in [3.05, 3.63) is 114 Å². The highest BCUT2D eigenvalue weighted by Gasteiger charge is 2.40. The van der Waals surface area contributed by atoms with Crippen molar-refractivity contribution in [2.75, 3.05) is 6.61 Å². The fraction of sp³-hybridized carbons (Fsp3) is 0.286. The molecule has 0 amide bonds. The second-order valence-electron chi connectivity index (χ2n) is 8.26. The van der Waals surface area contributed by atoms with Gasteiger partial charge in [-0.1, -0.05) is 110 Å². The molecule has 2 nitrogen and oxygen atoms in total. The molecule has 3 heteroatoms. The number of ether oxygens (including phenoxy) is 1. The summed E-state index contributed by atoms with van der Waals surface area (Å²) in [5.41, 5.74) is 9.34. The van der Waals surface area contributed by atoms with E-state index in [0.29, 0.717) is 13.0 Å². The molecule has 0 saturated carbocycles. The van der Waals surface area contributed by atoms with Crippen LogP contribution in [-0.2, 0) is 10.3 Å². The lowest BCUT2D eigenvalue weighted by atomic mass is 9.75. The van der Waals surface area contributed by atoms with Crippen molar-refractivity contribution in [1.82, 2.24) is 0 Å². The standard InChI is InChI=1S/C28H33NO.ClH/c1-3-22-30-28(25-17-9-5-10-18-25,26-19-11-6-12-20-26)23-27(2,29)21-13-16-24-14-7-4-8-15-24;/h4-20H,3,21-23,29H2,1-2H3;1H/b16-13+;. The van der Waals surface area contributed by atoms with Gasteiger partial charge in [-0.15, -0.1) is 12.4 Å². The molecule has 3 rings (SSSR count). The number of hydrogen-bond donors (Lipinski definition) is 1. The van der Waals surface area contributed by atoms with Crippen LogP contribution in [0.25, 0.3) is 6.08 Å². The first-order valence-electron chi connectivity index (χ1n) is 10.8. The van der Waals surface area contributed by atoms with Crippen LogP contribution >= 0.6 is 12.4 Å². The predicted molar refractivity (Wildman–Crippen MR) is 134 cm³/mol. The topological polar surface area (TPSA) is 35.2 Å². The monoisotopic (exact) mass is 435 g/mol. The third kappa shape index (κ3) is 6.80. The maximum atomic E-state index is 6.88. The van der Waals surface area contributed by atoms with Gasteiger partial charge in [0.15, 0.2) is 0 Å². The van der Waals surface area contributed by atoms with Gasteiger partial charge in [0.1, 0.15) is 5.60 Å². The van der Waals surface area contributed by atoms with Crippen molar-refractivity contribution < 1.29 is 4.74 Å². The number of nitrogens with two attached hydrogens (primary N) is 1. The summed E-state index contributed by atoms with van der Waals surface area (Å²) in [6.45, 7) is 4.95. The number of rotatable bonds is 10. The van der Waals surface area contributed by atoms with Gasteiger partial charge < -0.3 is 10.5 Å². The molecule has 0 radical (unpaired) electrons. The van der Waals surface area contributed by atoms with E-state index in [-0.39, 0.29) is 12.4 Å². The maximum Gasteiger partial charge on any atom is 0.120 e. The minimum atomic E-state index is -0.581. The SMILES string of the molecule is CCCOC(CC(C)(N)C/C=C/c1ccccc1)(c1ccccc1)c1ccccc1.Cl. The van der Waals surface area contributed by atoms with Gasteiger partial charge in [0, 0.05) is 18.6 Å². The molecule has 31 heavy (non-hydrogen) atoms. The molecule has 0 saturated heterocycles. The largest absolute Gasteiger partial charge is 0.365 e. The highest BCUT2D eigenvalue weighted by atomic mass is 35.5. The van der Waals surface area contributed by atoms with Crippen LogP contribution in [0.3, 0.4) is 0 Å². The average molecular weight is 436 g/mol. The van der Waals surface area contributed by atoms with Crippen LogP contribution in [0.2, 0.25) is 0 Å². The zero-order chi connectivity index (χ0) is 21.3. The first kappa shape index (κ1) is 24.9. The fourth-order valence-electron chi connectivity index (χ4n) is 3.95. The first-order valence-corrected chi connectivity index (χ1v) is 10.8. The van der Waals surface area contributed by atoms with Crippen LogP contribution < -0.4 is 5.73 Å². The van der Waals surface area contributed by atoms with E-state index >= 15 is 0 Å². The van der Waals surface area contributed by atoms with Gasteiger partial charge in [-0.05, 0) is 36.5 Å². The van der Waals surface area contributed by atoms with E-state index in [9.17, 15) is 0 Å². The molecule has 0 fully saturated rings. The summed E-state index contributed by atoms with van der Waals surface area (Å²) in [5, 5.41) is 0. The minimum absolute atomic E-state index is 0. The molecule has 3 aromatic carbocycles. The summed E-state index contributed by atoms with van der Waals surface area (Å²) in [7, 11) is 0. The van der Waals surface area contributed by atoms with Crippen LogP contribution in [0, 0.1) is 0 Å². The highest BCUT2D eigenvalue weighted by Crippen LogP contribution is 2.41. The summed E-state index contributed by atoms with van der Waals surface area (Å²) in [4.78, 5) is 0. The normalized spacial score (nSPS) is 13.5. The third-order valence-corrected chi connectivity index (χ3v) is 5.38. The Morgan fingerprint density at radius 2 is 1.29 bits per heavy atom. The molecule has 0 heterocycles. The zero-order valence-electron chi connectivity index (χ0n) is 18.5. The van der Waals surface area contributed by atoms with Gasteiger partial charge in [0.2, 0.25) is 0 Å². The lowest BCUT2D eigenvalue weighted by Gasteiger charge is -2.41. The van der Waals surface area contributed by atoms with Crippen molar-refractivity contribution in [1.29, 1.82) is 0 Å². The Hall–Kier alpha value is -2.39. The van der Waals surface area contributed by atoms with Crippen LogP contribution in [-0.4, -0.2) is 12.1 Å². The molecule has 0 aromatic heterocycles. The van der Waals surface area contributed by atoms with E-state index in [0.717, 1.165) is 24.0 Å². The van der Waals surface area contributed by atoms with E-state index < -0.39 is 11.1 Å². The van der Waals surface area contributed by atoms with Crippen molar-refractivity contribution >= 4 is 18.5 Å². The summed E-state index contributed by atoms with van der Waals surface area (Å²) >= 11 is 0. The molecular formula is C28H34ClNO. The Balaban J connectivity index is 0.00000341. The average Bonchev–Trinajstić information content (AvgIpc) is 2.78. The van der Waals surface area contributed by atoms with Crippen LogP contribution in [0.5, 0.6) is 0 Å². The van der Waals surface area contributed by atoms with E-state index in [4.69, 9.17) is 10.5 Å². The lowest BCUT2D eigenvalue weighted by molar-refractivity contribution is -0.0375. The van der Waals surface area contributed by atoms with Gasteiger partial charge in [-0.3, -0.25) is 0 Å². The van der Waals surface area contributed by atoms with Crippen LogP contribution in [0.1, 0.15) is 49.8 Å². The second kappa shape index (κ2) is 11.9. The Bertz CT molecular complexity index is 868. The quantitative estimate of drug-likeness (QED) is 0.372. The van der Waals surface area contributed by atoms with E-state index in [2.05, 4.69) is 98.8 Å². The van der Waals surface area contributed by atoms with Crippen molar-refractivity contribution in [2.24, 2.45) is 5.73 Å². The van der Waals surface area contributed by atoms with Gasteiger partial charge in [0.25, 0.3) is 0 Å². The van der Waals surface area contributed by atoms with Gasteiger partial charge in [-0.25, -0.2) is 0 Å². The number of halogens is 1. The smallest absolute Gasteiger partial charge is 0.120 e. The van der Waals surface area contributed by atoms with Gasteiger partial charge >= 0.3 is 0 Å². The zero-order valence-corrected chi connectivity index (χ0v) is 19.4. The molecule has 0 aliphatic rings. The molecule has 1 unspecified atom stereocenters. The maximum absolute atomic E-state index is 6.88. The van der Waals surface area contributed by atoms with Gasteiger partial charge in [-0.2, -0.15) is 0 Å². The van der Waals surface area contributed by atoms with Gasteiger partial charge in [0.05, 0.1) is 0 Å². The number of benzene rings is 3. The molecule has 2 N–H and O–H groups in total. The molecule has 3 aromatic rings. The molecular weight excluding hydrogens is 402 g/mol. The molecule has 0 aliphatic heterocycles. The van der Waals surface area contributed by atoms with Crippen LogP contribution in [0.15, 0.2) is 97.1 Å². The Morgan fingerprint density at radius 3 is 1.77 bits per heavy atom. The highest BCUT2D eigenvalue weighted by molar-refractivity contribution is 5.85. The summed E-state index contributed by atoms with van der Waals surface area (Å²) in [5.74, 6) is 0. The van der Waals surface area contributed by atoms with Crippen molar-refractivity contribution in [3.8, 4) is 0 Å². The predicted octanol–water partition coefficient (Wildman–Crippen LogP) is 6.99. The van der Waals surface area contributed by atoms with Crippen molar-refractivity contribution in [3.63, 3.8) is 0 Å². The minimum Gasteiger partial charge on any atom is -0.365 e. The number of hydrogen-bond acceptors (Lipinski definition) is 2. The van der Waals surface area contributed by atoms with Crippen LogP contribution in [0.4, 0.5) is 0 Å². The molecule has 1 atom stereocenters. The fourth-order valence-corrected chi connectivity index (χ4v) is 3.95. The lowest BCUT2D eigenvalue weighted by Crippen LogP contribution is -2.46. The molecule has 164 valence electrons.